The standard InChI is InChI=1S/C9H11ClO2/c1-11-7-12-6-8-2-4-9(10)5-3-8/h2-5H,6-7H2,1H3. The molecule has 0 aliphatic carbocycles. The Morgan fingerprint density at radius 3 is 2.50 bits per heavy atom. The van der Waals surface area contributed by atoms with E-state index in [2.05, 4.69) is 0 Å². The molecule has 0 aromatic heterocycles. The zero-order valence-electron chi connectivity index (χ0n) is 6.92. The Morgan fingerprint density at radius 2 is 1.92 bits per heavy atom. The van der Waals surface area contributed by atoms with Crippen molar-refractivity contribution >= 4 is 11.6 Å². The quantitative estimate of drug-likeness (QED) is 0.531. The zero-order chi connectivity index (χ0) is 8.81. The second-order valence-corrected chi connectivity index (χ2v) is 2.82. The van der Waals surface area contributed by atoms with Crippen molar-refractivity contribution in [1.82, 2.24) is 0 Å². The van der Waals surface area contributed by atoms with Gasteiger partial charge in [-0.3, -0.25) is 0 Å². The van der Waals surface area contributed by atoms with Crippen molar-refractivity contribution in [2.45, 2.75) is 6.61 Å². The summed E-state index contributed by atoms with van der Waals surface area (Å²) < 4.78 is 9.88. The molecule has 0 heterocycles. The fraction of sp³-hybridized carbons (Fsp3) is 0.333. The van der Waals surface area contributed by atoms with Gasteiger partial charge in [-0.2, -0.15) is 0 Å². The first kappa shape index (κ1) is 9.52. The van der Waals surface area contributed by atoms with E-state index in [1.54, 1.807) is 7.11 Å². The van der Waals surface area contributed by atoms with Crippen LogP contribution in [0.5, 0.6) is 0 Å². The van der Waals surface area contributed by atoms with Crippen molar-refractivity contribution in [2.75, 3.05) is 13.9 Å². The van der Waals surface area contributed by atoms with Crippen LogP contribution in [0.4, 0.5) is 0 Å². The van der Waals surface area contributed by atoms with Crippen LogP contribution in [0.3, 0.4) is 0 Å². The lowest BCUT2D eigenvalue weighted by atomic mass is 10.2. The number of ether oxygens (including phenoxy) is 2. The van der Waals surface area contributed by atoms with Crippen LogP contribution in [-0.2, 0) is 16.1 Å². The minimum absolute atomic E-state index is 0.322. The SMILES string of the molecule is COCOCc1ccc(Cl)cc1. The van der Waals surface area contributed by atoms with Gasteiger partial charge in [0.25, 0.3) is 0 Å². The minimum atomic E-state index is 0.322. The molecule has 3 heteroatoms. The Kier molecular flexibility index (Phi) is 4.08. The Morgan fingerprint density at radius 1 is 1.25 bits per heavy atom. The fourth-order valence-corrected chi connectivity index (χ4v) is 0.949. The Balaban J connectivity index is 2.37. The average molecular weight is 187 g/mol. The highest BCUT2D eigenvalue weighted by molar-refractivity contribution is 6.30. The predicted molar refractivity (Wildman–Crippen MR) is 48.1 cm³/mol. The maximum Gasteiger partial charge on any atom is 0.146 e. The lowest BCUT2D eigenvalue weighted by molar-refractivity contribution is -0.0390. The van der Waals surface area contributed by atoms with Gasteiger partial charge in [0.15, 0.2) is 0 Å². The monoisotopic (exact) mass is 186 g/mol. The summed E-state index contributed by atoms with van der Waals surface area (Å²) in [7, 11) is 1.60. The lowest BCUT2D eigenvalue weighted by Gasteiger charge is -2.02. The van der Waals surface area contributed by atoms with E-state index in [0.29, 0.717) is 13.4 Å². The van der Waals surface area contributed by atoms with Gasteiger partial charge in [-0.05, 0) is 17.7 Å². The molecular formula is C9H11ClO2. The average Bonchev–Trinajstić information content (AvgIpc) is 2.09. The Bertz CT molecular complexity index is 220. The first-order valence-corrected chi connectivity index (χ1v) is 4.02. The number of hydrogen-bond donors (Lipinski definition) is 0. The van der Waals surface area contributed by atoms with Crippen LogP contribution in [0.15, 0.2) is 24.3 Å². The number of benzene rings is 1. The smallest absolute Gasteiger partial charge is 0.146 e. The molecule has 0 aliphatic rings. The second-order valence-electron chi connectivity index (χ2n) is 2.38. The van der Waals surface area contributed by atoms with Crippen molar-refractivity contribution in [1.29, 1.82) is 0 Å². The molecule has 0 bridgehead atoms. The summed E-state index contributed by atoms with van der Waals surface area (Å²) >= 11 is 5.71. The van der Waals surface area contributed by atoms with E-state index in [1.165, 1.54) is 0 Å². The third-order valence-electron chi connectivity index (χ3n) is 1.38. The molecular weight excluding hydrogens is 176 g/mol. The number of hydrogen-bond acceptors (Lipinski definition) is 2. The van der Waals surface area contributed by atoms with Gasteiger partial charge < -0.3 is 9.47 Å². The molecule has 2 nitrogen and oxygen atoms in total. The second kappa shape index (κ2) is 5.14. The molecule has 0 N–H and O–H groups in total. The molecule has 66 valence electrons. The highest BCUT2D eigenvalue weighted by Crippen LogP contribution is 2.09. The number of halogens is 1. The van der Waals surface area contributed by atoms with Gasteiger partial charge in [0.1, 0.15) is 6.79 Å². The van der Waals surface area contributed by atoms with E-state index < -0.39 is 0 Å². The van der Waals surface area contributed by atoms with Crippen LogP contribution in [0.2, 0.25) is 5.02 Å². The third kappa shape index (κ3) is 3.22. The lowest BCUT2D eigenvalue weighted by Crippen LogP contribution is -1.96. The van der Waals surface area contributed by atoms with Gasteiger partial charge in [0, 0.05) is 12.1 Å². The van der Waals surface area contributed by atoms with E-state index in [0.717, 1.165) is 10.6 Å². The van der Waals surface area contributed by atoms with E-state index in [-0.39, 0.29) is 0 Å². The van der Waals surface area contributed by atoms with Gasteiger partial charge in [-0.25, -0.2) is 0 Å². The summed E-state index contributed by atoms with van der Waals surface area (Å²) in [4.78, 5) is 0. The predicted octanol–water partition coefficient (Wildman–Crippen LogP) is 2.46. The maximum absolute atomic E-state index is 5.71. The van der Waals surface area contributed by atoms with Gasteiger partial charge in [-0.1, -0.05) is 23.7 Å². The van der Waals surface area contributed by atoms with Crippen LogP contribution in [0.1, 0.15) is 5.56 Å². The molecule has 12 heavy (non-hydrogen) atoms. The normalized spacial score (nSPS) is 10.2. The molecule has 0 atom stereocenters. The summed E-state index contributed by atoms with van der Waals surface area (Å²) in [6.45, 7) is 0.883. The van der Waals surface area contributed by atoms with E-state index in [4.69, 9.17) is 21.1 Å². The number of rotatable bonds is 4. The van der Waals surface area contributed by atoms with E-state index in [1.807, 2.05) is 24.3 Å². The van der Waals surface area contributed by atoms with Crippen molar-refractivity contribution in [3.63, 3.8) is 0 Å². The van der Waals surface area contributed by atoms with Crippen LogP contribution in [0, 0.1) is 0 Å². The van der Waals surface area contributed by atoms with Gasteiger partial charge in [0.05, 0.1) is 6.61 Å². The van der Waals surface area contributed by atoms with Gasteiger partial charge >= 0.3 is 0 Å². The molecule has 0 fully saturated rings. The van der Waals surface area contributed by atoms with Crippen molar-refractivity contribution < 1.29 is 9.47 Å². The van der Waals surface area contributed by atoms with Crippen molar-refractivity contribution in [3.8, 4) is 0 Å². The molecule has 0 saturated heterocycles. The molecule has 1 aromatic carbocycles. The first-order valence-electron chi connectivity index (χ1n) is 3.64. The summed E-state index contributed by atoms with van der Waals surface area (Å²) in [5, 5.41) is 0.741. The highest BCUT2D eigenvalue weighted by atomic mass is 35.5. The third-order valence-corrected chi connectivity index (χ3v) is 1.64. The Hall–Kier alpha value is -0.570. The molecule has 0 radical (unpaired) electrons. The largest absolute Gasteiger partial charge is 0.359 e. The summed E-state index contributed by atoms with van der Waals surface area (Å²) in [6, 6.07) is 7.54. The maximum atomic E-state index is 5.71. The summed E-state index contributed by atoms with van der Waals surface area (Å²) in [5.74, 6) is 0. The molecule has 0 saturated carbocycles. The van der Waals surface area contributed by atoms with Gasteiger partial charge in [0.2, 0.25) is 0 Å². The Labute approximate surface area is 77.1 Å². The summed E-state index contributed by atoms with van der Waals surface area (Å²) in [5.41, 5.74) is 1.09. The zero-order valence-corrected chi connectivity index (χ0v) is 7.67. The fourth-order valence-electron chi connectivity index (χ4n) is 0.823. The molecule has 1 rings (SSSR count). The minimum Gasteiger partial charge on any atom is -0.359 e. The molecule has 1 aromatic rings. The van der Waals surface area contributed by atoms with Crippen LogP contribution >= 0.6 is 11.6 Å². The first-order chi connectivity index (χ1) is 5.83. The number of methoxy groups -OCH3 is 1. The molecule has 0 unspecified atom stereocenters. The molecule has 0 spiro atoms. The van der Waals surface area contributed by atoms with Crippen LogP contribution in [-0.4, -0.2) is 13.9 Å². The molecule has 0 amide bonds. The van der Waals surface area contributed by atoms with E-state index in [9.17, 15) is 0 Å². The topological polar surface area (TPSA) is 18.5 Å². The van der Waals surface area contributed by atoms with E-state index >= 15 is 0 Å². The highest BCUT2D eigenvalue weighted by Gasteiger charge is 1.92. The van der Waals surface area contributed by atoms with Gasteiger partial charge in [-0.15, -0.1) is 0 Å². The van der Waals surface area contributed by atoms with Crippen molar-refractivity contribution in [2.24, 2.45) is 0 Å². The van der Waals surface area contributed by atoms with Crippen molar-refractivity contribution in [3.05, 3.63) is 34.9 Å². The van der Waals surface area contributed by atoms with Crippen LogP contribution < -0.4 is 0 Å². The molecule has 0 aliphatic heterocycles. The summed E-state index contributed by atoms with van der Waals surface area (Å²) in [6.07, 6.45) is 0. The van der Waals surface area contributed by atoms with Crippen LogP contribution in [0.25, 0.3) is 0 Å².